The van der Waals surface area contributed by atoms with Crippen LogP contribution in [0.2, 0.25) is 0 Å². The van der Waals surface area contributed by atoms with Crippen molar-refractivity contribution in [3.63, 3.8) is 0 Å². The molecule has 1 heterocycles. The van der Waals surface area contributed by atoms with Crippen LogP contribution in [0.15, 0.2) is 52.6 Å². The normalized spacial score (nSPS) is 35.5. The Balaban J connectivity index is 1.42. The smallest absolute Gasteiger partial charge is 0.254 e. The van der Waals surface area contributed by atoms with Crippen molar-refractivity contribution in [1.29, 1.82) is 0 Å². The number of benzene rings is 1. The summed E-state index contributed by atoms with van der Waals surface area (Å²) < 4.78 is 6.51. The highest BCUT2D eigenvalue weighted by Crippen LogP contribution is 2.65. The van der Waals surface area contributed by atoms with Crippen molar-refractivity contribution in [1.82, 2.24) is 5.01 Å². The molecule has 5 aliphatic rings. The van der Waals surface area contributed by atoms with Gasteiger partial charge >= 0.3 is 0 Å². The maximum Gasteiger partial charge on any atom is 0.254 e. The van der Waals surface area contributed by atoms with Gasteiger partial charge in [0.1, 0.15) is 12.4 Å². The van der Waals surface area contributed by atoms with Gasteiger partial charge in [0.25, 0.3) is 11.8 Å². The van der Waals surface area contributed by atoms with Gasteiger partial charge in [-0.2, -0.15) is 10.1 Å². The van der Waals surface area contributed by atoms with Crippen molar-refractivity contribution >= 4 is 34.0 Å². The van der Waals surface area contributed by atoms with Crippen molar-refractivity contribution in [2.75, 3.05) is 6.61 Å². The number of imide groups is 1. The quantitative estimate of drug-likeness (QED) is 0.411. The number of hydrogen-bond donors (Lipinski definition) is 0. The second-order valence-electron chi connectivity index (χ2n) is 7.67. The number of rotatable bonds is 5. The number of carbonyl (C=O) groups is 2. The summed E-state index contributed by atoms with van der Waals surface area (Å²) in [6.07, 6.45) is 8.67. The minimum atomic E-state index is -0.229. The summed E-state index contributed by atoms with van der Waals surface area (Å²) in [5.74, 6) is 1.44. The van der Waals surface area contributed by atoms with Gasteiger partial charge in [-0.1, -0.05) is 40.7 Å². The van der Waals surface area contributed by atoms with E-state index in [9.17, 15) is 9.59 Å². The molecule has 1 aromatic rings. The van der Waals surface area contributed by atoms with Crippen molar-refractivity contribution < 1.29 is 14.3 Å². The minimum Gasteiger partial charge on any atom is -0.489 e. The van der Waals surface area contributed by atoms with Crippen LogP contribution in [-0.2, 0) is 9.59 Å². The lowest BCUT2D eigenvalue weighted by Gasteiger charge is -2.37. The molecule has 0 aromatic heterocycles. The molecule has 5 nitrogen and oxygen atoms in total. The van der Waals surface area contributed by atoms with Gasteiger partial charge in [-0.3, -0.25) is 9.59 Å². The molecule has 2 bridgehead atoms. The largest absolute Gasteiger partial charge is 0.489 e. The molecule has 138 valence electrons. The second kappa shape index (κ2) is 6.16. The third-order valence-corrected chi connectivity index (χ3v) is 6.77. The van der Waals surface area contributed by atoms with Crippen molar-refractivity contribution in [2.45, 2.75) is 6.42 Å². The fourth-order valence-corrected chi connectivity index (χ4v) is 5.45. The van der Waals surface area contributed by atoms with Gasteiger partial charge in [0.15, 0.2) is 0 Å². The number of carbonyl (C=O) groups excluding carboxylic acids is 2. The first kappa shape index (κ1) is 16.9. The molecule has 1 aliphatic heterocycles. The highest BCUT2D eigenvalue weighted by molar-refractivity contribution is 9.10. The summed E-state index contributed by atoms with van der Waals surface area (Å²) in [5, 5.41) is 5.37. The van der Waals surface area contributed by atoms with Gasteiger partial charge in [-0.15, -0.1) is 0 Å². The van der Waals surface area contributed by atoms with Gasteiger partial charge in [0, 0.05) is 10.0 Å². The van der Waals surface area contributed by atoms with Crippen LogP contribution in [-0.4, -0.2) is 29.6 Å². The van der Waals surface area contributed by atoms with Crippen LogP contribution in [0.3, 0.4) is 0 Å². The van der Waals surface area contributed by atoms with Crippen molar-refractivity contribution in [3.8, 4) is 5.75 Å². The first-order chi connectivity index (χ1) is 13.1. The lowest BCUT2D eigenvalue weighted by atomic mass is 9.63. The summed E-state index contributed by atoms with van der Waals surface area (Å²) in [4.78, 5) is 25.9. The molecule has 0 unspecified atom stereocenters. The Labute approximate surface area is 165 Å². The molecule has 0 spiro atoms. The molecule has 2 amide bonds. The van der Waals surface area contributed by atoms with E-state index < -0.39 is 0 Å². The zero-order chi connectivity index (χ0) is 18.7. The summed E-state index contributed by atoms with van der Waals surface area (Å²) in [7, 11) is 0. The molecule has 0 radical (unpaired) electrons. The van der Waals surface area contributed by atoms with E-state index >= 15 is 0 Å². The highest BCUT2D eigenvalue weighted by Gasteiger charge is 2.67. The maximum absolute atomic E-state index is 13.0. The number of hydrogen-bond acceptors (Lipinski definition) is 4. The molecule has 3 fully saturated rings. The Kier molecular flexibility index (Phi) is 3.86. The van der Waals surface area contributed by atoms with Gasteiger partial charge in [-0.25, -0.2) is 0 Å². The standard InChI is InChI=1S/C21H19BrN2O3/c1-2-7-27-17-6-3-12(22)8-11(17)10-23-24-20(25)18-13-4-5-14(16-9-15(13)16)19(18)21(24)26/h2-6,8,10,13-16,18-19H,1,7,9H2/b23-10-/t13-,14-,15-,16+,18+,19+/m0/s1. The van der Waals surface area contributed by atoms with Crippen LogP contribution in [0.25, 0.3) is 0 Å². The topological polar surface area (TPSA) is 59.0 Å². The fraction of sp³-hybridized carbons (Fsp3) is 0.381. The summed E-state index contributed by atoms with van der Waals surface area (Å²) in [6, 6.07) is 5.53. The Morgan fingerprint density at radius 1 is 1.19 bits per heavy atom. The van der Waals surface area contributed by atoms with E-state index in [2.05, 4.69) is 39.8 Å². The van der Waals surface area contributed by atoms with E-state index in [1.807, 2.05) is 18.2 Å². The van der Waals surface area contributed by atoms with Gasteiger partial charge in [0.05, 0.1) is 18.1 Å². The van der Waals surface area contributed by atoms with E-state index in [4.69, 9.17) is 4.74 Å². The van der Waals surface area contributed by atoms with Crippen molar-refractivity contribution in [2.24, 2.45) is 40.6 Å². The van der Waals surface area contributed by atoms with Gasteiger partial charge < -0.3 is 4.74 Å². The summed E-state index contributed by atoms with van der Waals surface area (Å²) in [5.41, 5.74) is 0.700. The van der Waals surface area contributed by atoms with Gasteiger partial charge in [0.2, 0.25) is 0 Å². The third-order valence-electron chi connectivity index (χ3n) is 6.28. The minimum absolute atomic E-state index is 0.158. The molecule has 1 saturated heterocycles. The number of ether oxygens (including phenoxy) is 1. The molecule has 0 N–H and O–H groups in total. The molecule has 1 aromatic carbocycles. The Morgan fingerprint density at radius 3 is 2.48 bits per heavy atom. The van der Waals surface area contributed by atoms with Gasteiger partial charge in [-0.05, 0) is 48.3 Å². The van der Waals surface area contributed by atoms with E-state index in [0.29, 0.717) is 29.8 Å². The van der Waals surface area contributed by atoms with Crippen LogP contribution in [0.1, 0.15) is 12.0 Å². The number of hydrazone groups is 1. The Bertz CT molecular complexity index is 873. The highest BCUT2D eigenvalue weighted by atomic mass is 79.9. The predicted octanol–water partition coefficient (Wildman–Crippen LogP) is 3.40. The molecular weight excluding hydrogens is 408 g/mol. The first-order valence-corrected chi connectivity index (χ1v) is 10.0. The molecule has 27 heavy (non-hydrogen) atoms. The van der Waals surface area contributed by atoms with Crippen molar-refractivity contribution in [3.05, 3.63) is 53.0 Å². The molecule has 6 heteroatoms. The van der Waals surface area contributed by atoms with Crippen LogP contribution < -0.4 is 4.74 Å². The van der Waals surface area contributed by atoms with Crippen LogP contribution >= 0.6 is 15.9 Å². The fourth-order valence-electron chi connectivity index (χ4n) is 5.08. The lowest BCUT2D eigenvalue weighted by Crippen LogP contribution is -2.40. The number of halogens is 1. The Morgan fingerprint density at radius 2 is 1.85 bits per heavy atom. The zero-order valence-electron chi connectivity index (χ0n) is 14.6. The average molecular weight is 427 g/mol. The number of nitrogens with zero attached hydrogens (tertiary/aromatic N) is 2. The van der Waals surface area contributed by atoms with E-state index in [1.165, 1.54) is 6.21 Å². The average Bonchev–Trinajstić information content (AvgIpc) is 3.45. The van der Waals surface area contributed by atoms with E-state index in [1.54, 1.807) is 6.08 Å². The number of allylic oxidation sites excluding steroid dienone is 2. The molecule has 6 rings (SSSR count). The summed E-state index contributed by atoms with van der Waals surface area (Å²) >= 11 is 3.43. The summed E-state index contributed by atoms with van der Waals surface area (Å²) in [6.45, 7) is 4.02. The van der Waals surface area contributed by atoms with E-state index in [-0.39, 0.29) is 35.5 Å². The predicted molar refractivity (Wildman–Crippen MR) is 104 cm³/mol. The lowest BCUT2D eigenvalue weighted by molar-refractivity contribution is -0.140. The molecular formula is C21H19BrN2O3. The molecule has 2 saturated carbocycles. The Hall–Kier alpha value is -2.21. The molecule has 4 aliphatic carbocycles. The van der Waals surface area contributed by atoms with Crippen LogP contribution in [0.4, 0.5) is 0 Å². The molecule has 6 atom stereocenters. The third kappa shape index (κ3) is 2.53. The SMILES string of the molecule is C=CCOc1ccc(Br)cc1/C=N\N1C(=O)[C@@H]2[C@H]3C=C[C@@H]([C@@H]4C[C@H]34)[C@H]2C1=O. The maximum atomic E-state index is 13.0. The van der Waals surface area contributed by atoms with E-state index in [0.717, 1.165) is 15.9 Å². The zero-order valence-corrected chi connectivity index (χ0v) is 16.2. The number of amides is 2. The monoisotopic (exact) mass is 426 g/mol. The van der Waals surface area contributed by atoms with Crippen LogP contribution in [0.5, 0.6) is 5.75 Å². The second-order valence-corrected chi connectivity index (χ2v) is 8.58. The first-order valence-electron chi connectivity index (χ1n) is 9.23. The van der Waals surface area contributed by atoms with Crippen LogP contribution in [0, 0.1) is 35.5 Å².